The van der Waals surface area contributed by atoms with Gasteiger partial charge in [-0.05, 0) is 196 Å². The lowest BCUT2D eigenvalue weighted by Crippen LogP contribution is -1.96. The quantitative estimate of drug-likeness (QED) is 0.152. The van der Waals surface area contributed by atoms with Crippen LogP contribution in [0.25, 0.3) is 208 Å². The summed E-state index contributed by atoms with van der Waals surface area (Å²) >= 11 is 0. The van der Waals surface area contributed by atoms with Crippen LogP contribution in [0.5, 0.6) is 0 Å². The predicted octanol–water partition coefficient (Wildman–Crippen LogP) is 26.0. The average molecular weight is 1270 g/mol. The maximum atomic E-state index is 2.52. The van der Waals surface area contributed by atoms with Crippen LogP contribution in [0.1, 0.15) is 0 Å². The largest absolute Gasteiger partial charge is 0.309 e. The van der Waals surface area contributed by atoms with E-state index in [0.717, 1.165) is 17.1 Å². The zero-order chi connectivity index (χ0) is 65.3. The number of nitrogens with zero attached hydrogens (tertiary/aromatic N) is 4. The van der Waals surface area contributed by atoms with Crippen LogP contribution in [0.3, 0.4) is 0 Å². The van der Waals surface area contributed by atoms with Gasteiger partial charge in [0.15, 0.2) is 0 Å². The molecule has 22 rings (SSSR count). The maximum Gasteiger partial charge on any atom is 0.0548 e. The van der Waals surface area contributed by atoms with Crippen molar-refractivity contribution in [1.82, 2.24) is 18.3 Å². The second kappa shape index (κ2) is 21.1. The highest BCUT2D eigenvalue weighted by Crippen LogP contribution is 2.47. The lowest BCUT2D eigenvalue weighted by atomic mass is 9.96. The van der Waals surface area contributed by atoms with Gasteiger partial charge in [0.25, 0.3) is 0 Å². The molecule has 18 aromatic carbocycles. The number of hydrogen-bond donors (Lipinski definition) is 0. The molecule has 0 bridgehead atoms. The van der Waals surface area contributed by atoms with Gasteiger partial charge in [-0.3, -0.25) is 0 Å². The van der Waals surface area contributed by atoms with E-state index in [4.69, 9.17) is 0 Å². The topological polar surface area (TPSA) is 19.7 Å². The molecule has 0 saturated heterocycles. The Hall–Kier alpha value is -13.3. The second-order valence-corrected chi connectivity index (χ2v) is 27.1. The van der Waals surface area contributed by atoms with Crippen molar-refractivity contribution in [2.75, 3.05) is 0 Å². The van der Waals surface area contributed by atoms with Crippen molar-refractivity contribution < 1.29 is 0 Å². The monoisotopic (exact) mass is 1270 g/mol. The highest BCUT2D eigenvalue weighted by molar-refractivity contribution is 6.31. The molecule has 0 aliphatic rings. The van der Waals surface area contributed by atoms with Crippen LogP contribution in [-0.4, -0.2) is 18.3 Å². The molecule has 462 valence electrons. The summed E-state index contributed by atoms with van der Waals surface area (Å²) in [6, 6.07) is 131. The van der Waals surface area contributed by atoms with E-state index in [1.165, 1.54) is 191 Å². The van der Waals surface area contributed by atoms with Gasteiger partial charge in [0, 0.05) is 65.2 Å². The Labute approximate surface area is 574 Å². The van der Waals surface area contributed by atoms with Gasteiger partial charge in [0.05, 0.1) is 55.5 Å². The summed E-state index contributed by atoms with van der Waals surface area (Å²) in [6.45, 7) is 0. The first-order valence-corrected chi connectivity index (χ1v) is 34.6. The smallest absolute Gasteiger partial charge is 0.0548 e. The zero-order valence-electron chi connectivity index (χ0n) is 54.3. The molecule has 0 atom stereocenters. The minimum Gasteiger partial charge on any atom is -0.309 e. The normalized spacial score (nSPS) is 12.2. The highest BCUT2D eigenvalue weighted by atomic mass is 15.0. The van der Waals surface area contributed by atoms with Crippen LogP contribution < -0.4 is 0 Å². The van der Waals surface area contributed by atoms with Crippen LogP contribution in [0.15, 0.2) is 352 Å². The van der Waals surface area contributed by atoms with Gasteiger partial charge in [-0.25, -0.2) is 0 Å². The van der Waals surface area contributed by atoms with Crippen LogP contribution in [0, 0.1) is 0 Å². The molecule has 0 unspecified atom stereocenters. The van der Waals surface area contributed by atoms with E-state index < -0.39 is 0 Å². The first-order chi connectivity index (χ1) is 49.6. The molecule has 0 N–H and O–H groups in total. The van der Waals surface area contributed by atoms with Gasteiger partial charge >= 0.3 is 0 Å². The van der Waals surface area contributed by atoms with Gasteiger partial charge in [-0.15, -0.1) is 0 Å². The third kappa shape index (κ3) is 7.93. The van der Waals surface area contributed by atoms with Crippen molar-refractivity contribution in [1.29, 1.82) is 0 Å². The van der Waals surface area contributed by atoms with Crippen molar-refractivity contribution in [2.45, 2.75) is 0 Å². The van der Waals surface area contributed by atoms with E-state index in [9.17, 15) is 0 Å². The Morgan fingerprint density at radius 1 is 0.150 bits per heavy atom. The molecule has 4 heteroatoms. The van der Waals surface area contributed by atoms with Gasteiger partial charge in [-0.1, -0.05) is 243 Å². The summed E-state index contributed by atoms with van der Waals surface area (Å²) in [4.78, 5) is 0. The first kappa shape index (κ1) is 54.9. The molecule has 4 heterocycles. The Morgan fingerprint density at radius 3 is 1.11 bits per heavy atom. The van der Waals surface area contributed by atoms with Crippen molar-refractivity contribution in [3.05, 3.63) is 352 Å². The molecule has 4 aromatic heterocycles. The molecular weight excluding hydrogens is 1210 g/mol. The minimum absolute atomic E-state index is 1.12. The summed E-state index contributed by atoms with van der Waals surface area (Å²) in [6.07, 6.45) is 0. The van der Waals surface area contributed by atoms with Crippen LogP contribution in [0.2, 0.25) is 0 Å². The molecule has 0 radical (unpaired) electrons. The van der Waals surface area contributed by atoms with E-state index >= 15 is 0 Å². The first-order valence-electron chi connectivity index (χ1n) is 34.6. The molecule has 0 saturated carbocycles. The summed E-state index contributed by atoms with van der Waals surface area (Å²) < 4.78 is 9.87. The highest BCUT2D eigenvalue weighted by Gasteiger charge is 2.24. The van der Waals surface area contributed by atoms with Crippen LogP contribution in [0.4, 0.5) is 0 Å². The summed E-state index contributed by atoms with van der Waals surface area (Å²) in [5.74, 6) is 0. The lowest BCUT2D eigenvalue weighted by molar-refractivity contribution is 1.18. The van der Waals surface area contributed by atoms with Crippen LogP contribution >= 0.6 is 0 Å². The molecule has 0 spiro atoms. The molecule has 22 aromatic rings. The van der Waals surface area contributed by atoms with Gasteiger partial charge in [0.2, 0.25) is 0 Å². The fourth-order valence-corrected chi connectivity index (χ4v) is 17.5. The Kier molecular flexibility index (Phi) is 11.6. The summed E-state index contributed by atoms with van der Waals surface area (Å²) in [5, 5.41) is 24.9. The number of fused-ring (bicyclic) bond motifs is 22. The van der Waals surface area contributed by atoms with Gasteiger partial charge < -0.3 is 18.3 Å². The zero-order valence-corrected chi connectivity index (χ0v) is 54.3. The molecule has 0 aliphatic carbocycles. The summed E-state index contributed by atoms with van der Waals surface area (Å²) in [7, 11) is 0. The minimum atomic E-state index is 1.12. The Morgan fingerprint density at radius 2 is 0.510 bits per heavy atom. The van der Waals surface area contributed by atoms with Crippen molar-refractivity contribution in [3.8, 4) is 56.1 Å². The third-order valence-corrected chi connectivity index (χ3v) is 21.9. The SMILES string of the molecule is c1ccc(-n2c3ccccc3c3cc(-c4ccc5c(-n6c7ccc8ccccc8c7c7c8ccc(-c9cccc(-n%10c%11ccccc%11c%11cc(-c%12cccc%13c(-n%14c%15ccc%16ccccc%16c%15c%15c%16ccccc%16ccc%15%14)cccc%12%13)ccc%11%10)c9)cc8ccc76)cccc5c4)ccc32)cc1. The second-order valence-electron chi connectivity index (χ2n) is 27.1. The van der Waals surface area contributed by atoms with Gasteiger partial charge in [-0.2, -0.15) is 0 Å². The standard InChI is InChI=1S/C96H58N4/c1-2-23-69(24-3-1)97-84-34-12-10-29-79(84)81-57-65(43-48-87(81)97)64-38-46-72-66(54-64)22-15-36-83(72)99-89-50-40-61-20-6-9-28-75(61)95(89)96-76-47-39-63(55-67(76)45-53-92(96)99)62-21-14-25-70(56-62)98-85-35-13-11-30-80(85)82-58-68(44-49-88(82)98)71-31-16-33-78-77(71)32-17-37-86(78)100-90-51-41-59-18-4-7-26-73(59)93(90)94-74-27-8-5-19-60(74)42-52-91(94)100/h1-58H. The molecular formula is C96H58N4. The fraction of sp³-hybridized carbons (Fsp3) is 0. The maximum absolute atomic E-state index is 2.52. The number of para-hydroxylation sites is 3. The lowest BCUT2D eigenvalue weighted by Gasteiger charge is -2.15. The van der Waals surface area contributed by atoms with Crippen molar-refractivity contribution in [3.63, 3.8) is 0 Å². The number of benzene rings is 18. The van der Waals surface area contributed by atoms with Crippen LogP contribution in [-0.2, 0) is 0 Å². The van der Waals surface area contributed by atoms with Crippen molar-refractivity contribution >= 4 is 152 Å². The van der Waals surface area contributed by atoms with E-state index in [0.29, 0.717) is 0 Å². The molecule has 100 heavy (non-hydrogen) atoms. The molecule has 0 fully saturated rings. The van der Waals surface area contributed by atoms with E-state index in [-0.39, 0.29) is 0 Å². The predicted molar refractivity (Wildman–Crippen MR) is 425 cm³/mol. The van der Waals surface area contributed by atoms with E-state index in [1.807, 2.05) is 0 Å². The van der Waals surface area contributed by atoms with Gasteiger partial charge in [0.1, 0.15) is 0 Å². The van der Waals surface area contributed by atoms with E-state index in [1.54, 1.807) is 0 Å². The fourth-order valence-electron chi connectivity index (χ4n) is 17.5. The number of aromatic nitrogens is 4. The molecule has 0 amide bonds. The average Bonchev–Trinajstić information content (AvgIpc) is 1.56. The Balaban J connectivity index is 0.642. The summed E-state index contributed by atoms with van der Waals surface area (Å²) in [5.41, 5.74) is 21.3. The number of rotatable bonds is 7. The van der Waals surface area contributed by atoms with Crippen molar-refractivity contribution in [2.24, 2.45) is 0 Å². The molecule has 4 nitrogen and oxygen atoms in total. The Bertz CT molecular complexity index is 7180. The molecule has 0 aliphatic heterocycles. The third-order valence-electron chi connectivity index (χ3n) is 21.9. The van der Waals surface area contributed by atoms with E-state index in [2.05, 4.69) is 370 Å². The number of hydrogen-bond acceptors (Lipinski definition) is 0.